The van der Waals surface area contributed by atoms with Crippen molar-refractivity contribution in [1.29, 1.82) is 0 Å². The normalized spacial score (nSPS) is 17.4. The molecule has 0 spiro atoms. The number of nitrogens with one attached hydrogen (secondary N) is 2. The minimum atomic E-state index is -0.133. The Hall–Kier alpha value is -1.36. The van der Waals surface area contributed by atoms with Crippen molar-refractivity contribution in [3.8, 4) is 0 Å². The summed E-state index contributed by atoms with van der Waals surface area (Å²) in [5.41, 5.74) is 3.07. The fourth-order valence-electron chi connectivity index (χ4n) is 3.17. The lowest BCUT2D eigenvalue weighted by Gasteiger charge is -2.29. The van der Waals surface area contributed by atoms with Crippen LogP contribution in [-0.2, 0) is 16.0 Å². The van der Waals surface area contributed by atoms with E-state index in [0.717, 1.165) is 36.2 Å². The van der Waals surface area contributed by atoms with E-state index in [9.17, 15) is 4.79 Å². The summed E-state index contributed by atoms with van der Waals surface area (Å²) >= 11 is 0. The molecule has 1 aromatic heterocycles. The highest BCUT2D eigenvalue weighted by atomic mass is 16.5. The van der Waals surface area contributed by atoms with Crippen molar-refractivity contribution in [3.63, 3.8) is 0 Å². The van der Waals surface area contributed by atoms with Gasteiger partial charge in [-0.2, -0.15) is 5.10 Å². The summed E-state index contributed by atoms with van der Waals surface area (Å²) in [6, 6.07) is 0. The van der Waals surface area contributed by atoms with Crippen molar-refractivity contribution in [1.82, 2.24) is 15.5 Å². The van der Waals surface area contributed by atoms with E-state index in [1.54, 1.807) is 7.11 Å². The van der Waals surface area contributed by atoms with Gasteiger partial charge >= 0.3 is 0 Å². The molecule has 0 aliphatic heterocycles. The zero-order valence-corrected chi connectivity index (χ0v) is 12.7. The van der Waals surface area contributed by atoms with Gasteiger partial charge in [0.15, 0.2) is 0 Å². The predicted octanol–water partition coefficient (Wildman–Crippen LogP) is 2.03. The maximum Gasteiger partial charge on any atom is 0.220 e. The van der Waals surface area contributed by atoms with Crippen LogP contribution < -0.4 is 5.32 Å². The average Bonchev–Trinajstić information content (AvgIpc) is 2.96. The van der Waals surface area contributed by atoms with Crippen molar-refractivity contribution in [3.05, 3.63) is 17.0 Å². The van der Waals surface area contributed by atoms with Gasteiger partial charge in [0.2, 0.25) is 5.91 Å². The first-order chi connectivity index (χ1) is 9.56. The van der Waals surface area contributed by atoms with Crippen LogP contribution in [0.1, 0.15) is 49.1 Å². The predicted molar refractivity (Wildman–Crippen MR) is 77.6 cm³/mol. The van der Waals surface area contributed by atoms with E-state index in [-0.39, 0.29) is 11.4 Å². The summed E-state index contributed by atoms with van der Waals surface area (Å²) in [5, 5.41) is 10.3. The molecule has 0 unspecified atom stereocenters. The Balaban J connectivity index is 1.89. The van der Waals surface area contributed by atoms with Gasteiger partial charge in [0.1, 0.15) is 0 Å². The van der Waals surface area contributed by atoms with Crippen LogP contribution in [0.25, 0.3) is 0 Å². The van der Waals surface area contributed by atoms with Crippen LogP contribution >= 0.6 is 0 Å². The Labute approximate surface area is 120 Å². The van der Waals surface area contributed by atoms with Gasteiger partial charge in [-0.1, -0.05) is 12.8 Å². The molecular weight excluding hydrogens is 254 g/mol. The molecule has 0 radical (unpaired) electrons. The number of rotatable bonds is 6. The van der Waals surface area contributed by atoms with Crippen LogP contribution in [0.15, 0.2) is 0 Å². The number of ether oxygens (including phenoxy) is 1. The van der Waals surface area contributed by atoms with Crippen molar-refractivity contribution in [2.45, 2.75) is 57.9 Å². The van der Waals surface area contributed by atoms with E-state index in [1.807, 2.05) is 13.8 Å². The number of aryl methyl sites for hydroxylation is 2. The summed E-state index contributed by atoms with van der Waals surface area (Å²) in [4.78, 5) is 12.2. The first-order valence-corrected chi connectivity index (χ1v) is 7.37. The number of methoxy groups -OCH3 is 1. The minimum Gasteiger partial charge on any atom is -0.382 e. The van der Waals surface area contributed by atoms with E-state index in [4.69, 9.17) is 4.74 Å². The van der Waals surface area contributed by atoms with Gasteiger partial charge in [-0.15, -0.1) is 0 Å². The monoisotopic (exact) mass is 279 g/mol. The maximum atomic E-state index is 12.2. The largest absolute Gasteiger partial charge is 0.382 e. The quantitative estimate of drug-likeness (QED) is 0.837. The molecule has 1 amide bonds. The van der Waals surface area contributed by atoms with E-state index < -0.39 is 0 Å². The molecular formula is C15H25N3O2. The number of amides is 1. The van der Waals surface area contributed by atoms with E-state index in [2.05, 4.69) is 15.5 Å². The molecule has 112 valence electrons. The number of hydrogen-bond acceptors (Lipinski definition) is 3. The lowest BCUT2D eigenvalue weighted by atomic mass is 9.98. The molecule has 2 rings (SSSR count). The lowest BCUT2D eigenvalue weighted by Crippen LogP contribution is -2.49. The van der Waals surface area contributed by atoms with Gasteiger partial charge in [-0.3, -0.25) is 9.89 Å². The number of nitrogens with zero attached hydrogens (tertiary/aromatic N) is 1. The van der Waals surface area contributed by atoms with Gasteiger partial charge in [-0.25, -0.2) is 0 Å². The number of H-pyrrole nitrogens is 1. The standard InChI is InChI=1S/C15H25N3O2/c1-11-13(12(2)18-17-11)6-7-14(19)16-15(10-20-3)8-4-5-9-15/h4-10H2,1-3H3,(H,16,19)(H,17,18). The molecule has 1 heterocycles. The third-order valence-corrected chi connectivity index (χ3v) is 4.27. The Morgan fingerprint density at radius 3 is 2.65 bits per heavy atom. The molecule has 1 fully saturated rings. The molecule has 1 aromatic rings. The molecule has 0 aromatic carbocycles. The Bertz CT molecular complexity index is 442. The van der Waals surface area contributed by atoms with Crippen molar-refractivity contribution >= 4 is 5.91 Å². The summed E-state index contributed by atoms with van der Waals surface area (Å²) in [5.74, 6) is 0.115. The molecule has 1 saturated carbocycles. The van der Waals surface area contributed by atoms with Gasteiger partial charge in [-0.05, 0) is 38.7 Å². The van der Waals surface area contributed by atoms with Gasteiger partial charge in [0.25, 0.3) is 0 Å². The van der Waals surface area contributed by atoms with Gasteiger partial charge in [0.05, 0.1) is 17.8 Å². The van der Waals surface area contributed by atoms with Gasteiger partial charge < -0.3 is 10.1 Å². The first kappa shape index (κ1) is 15.0. The number of hydrogen-bond donors (Lipinski definition) is 2. The zero-order valence-electron chi connectivity index (χ0n) is 12.7. The Kier molecular flexibility index (Phi) is 4.81. The first-order valence-electron chi connectivity index (χ1n) is 7.37. The van der Waals surface area contributed by atoms with Crippen LogP contribution in [0.5, 0.6) is 0 Å². The lowest BCUT2D eigenvalue weighted by molar-refractivity contribution is -0.123. The maximum absolute atomic E-state index is 12.2. The van der Waals surface area contributed by atoms with Crippen molar-refractivity contribution in [2.24, 2.45) is 0 Å². The van der Waals surface area contributed by atoms with E-state index in [0.29, 0.717) is 13.0 Å². The van der Waals surface area contributed by atoms with Crippen molar-refractivity contribution in [2.75, 3.05) is 13.7 Å². The molecule has 1 aliphatic rings. The Morgan fingerprint density at radius 2 is 2.10 bits per heavy atom. The highest BCUT2D eigenvalue weighted by molar-refractivity contribution is 5.77. The fourth-order valence-corrected chi connectivity index (χ4v) is 3.17. The van der Waals surface area contributed by atoms with E-state index in [1.165, 1.54) is 12.8 Å². The van der Waals surface area contributed by atoms with Gasteiger partial charge in [0, 0.05) is 19.2 Å². The summed E-state index contributed by atoms with van der Waals surface area (Å²) < 4.78 is 5.29. The molecule has 5 nitrogen and oxygen atoms in total. The average molecular weight is 279 g/mol. The Morgan fingerprint density at radius 1 is 1.40 bits per heavy atom. The molecule has 20 heavy (non-hydrogen) atoms. The molecule has 0 saturated heterocycles. The molecule has 5 heteroatoms. The second-order valence-electron chi connectivity index (χ2n) is 5.88. The molecule has 0 bridgehead atoms. The number of aromatic amines is 1. The summed E-state index contributed by atoms with van der Waals surface area (Å²) in [6.07, 6.45) is 5.63. The summed E-state index contributed by atoms with van der Waals surface area (Å²) in [6.45, 7) is 4.58. The number of carbonyl (C=O) groups is 1. The minimum absolute atomic E-state index is 0.115. The third-order valence-electron chi connectivity index (χ3n) is 4.27. The molecule has 2 N–H and O–H groups in total. The smallest absolute Gasteiger partial charge is 0.220 e. The molecule has 0 atom stereocenters. The van der Waals surface area contributed by atoms with Crippen LogP contribution in [0, 0.1) is 13.8 Å². The fraction of sp³-hybridized carbons (Fsp3) is 0.733. The van der Waals surface area contributed by atoms with Crippen LogP contribution in [0.2, 0.25) is 0 Å². The van der Waals surface area contributed by atoms with Crippen LogP contribution in [0.4, 0.5) is 0 Å². The van der Waals surface area contributed by atoms with Crippen LogP contribution in [0.3, 0.4) is 0 Å². The highest BCUT2D eigenvalue weighted by Gasteiger charge is 2.35. The third kappa shape index (κ3) is 3.39. The highest BCUT2D eigenvalue weighted by Crippen LogP contribution is 2.30. The zero-order chi connectivity index (χ0) is 14.6. The van der Waals surface area contributed by atoms with Crippen LogP contribution in [-0.4, -0.2) is 35.4 Å². The number of carbonyl (C=O) groups excluding carboxylic acids is 1. The topological polar surface area (TPSA) is 67.0 Å². The van der Waals surface area contributed by atoms with Crippen molar-refractivity contribution < 1.29 is 9.53 Å². The second kappa shape index (κ2) is 6.39. The second-order valence-corrected chi connectivity index (χ2v) is 5.88. The molecule has 1 aliphatic carbocycles. The summed E-state index contributed by atoms with van der Waals surface area (Å²) in [7, 11) is 1.70. The SMILES string of the molecule is COCC1(NC(=O)CCc2c(C)n[nH]c2C)CCCC1. The van der Waals surface area contributed by atoms with E-state index >= 15 is 0 Å². The number of aromatic nitrogens is 2.